The number of nitrogens with one attached hydrogen (secondary N) is 1. The van der Waals surface area contributed by atoms with Crippen molar-refractivity contribution in [3.05, 3.63) is 35.4 Å². The maximum absolute atomic E-state index is 11.9. The molecule has 0 aliphatic heterocycles. The van der Waals surface area contributed by atoms with Crippen LogP contribution in [0.3, 0.4) is 0 Å². The van der Waals surface area contributed by atoms with Crippen molar-refractivity contribution < 1.29 is 14.3 Å². The van der Waals surface area contributed by atoms with E-state index in [-0.39, 0.29) is 18.6 Å². The van der Waals surface area contributed by atoms with Gasteiger partial charge < -0.3 is 10.1 Å². The molecular formula is C17H23NO3. The molecule has 2 unspecified atom stereocenters. The second-order valence-corrected chi connectivity index (χ2v) is 5.88. The van der Waals surface area contributed by atoms with Crippen LogP contribution in [0.2, 0.25) is 0 Å². The van der Waals surface area contributed by atoms with Crippen molar-refractivity contribution in [2.75, 3.05) is 6.61 Å². The third-order valence-corrected chi connectivity index (χ3v) is 4.08. The number of carbonyl (C=O) groups excluding carboxylic acids is 2. The fourth-order valence-corrected chi connectivity index (χ4v) is 2.68. The summed E-state index contributed by atoms with van der Waals surface area (Å²) in [5.41, 5.74) is 1.55. The Labute approximate surface area is 125 Å². The van der Waals surface area contributed by atoms with Crippen molar-refractivity contribution >= 4 is 11.9 Å². The van der Waals surface area contributed by atoms with E-state index >= 15 is 0 Å². The second-order valence-electron chi connectivity index (χ2n) is 5.88. The van der Waals surface area contributed by atoms with Crippen LogP contribution in [0.15, 0.2) is 24.3 Å². The van der Waals surface area contributed by atoms with Crippen LogP contribution in [-0.4, -0.2) is 24.5 Å². The molecule has 21 heavy (non-hydrogen) atoms. The fourth-order valence-electron chi connectivity index (χ4n) is 2.68. The molecule has 1 aromatic carbocycles. The highest BCUT2D eigenvalue weighted by atomic mass is 16.5. The molecule has 0 aromatic heterocycles. The maximum Gasteiger partial charge on any atom is 0.338 e. The highest BCUT2D eigenvalue weighted by Crippen LogP contribution is 2.23. The summed E-state index contributed by atoms with van der Waals surface area (Å²) in [7, 11) is 0. The molecular weight excluding hydrogens is 266 g/mol. The van der Waals surface area contributed by atoms with Crippen LogP contribution in [0.25, 0.3) is 0 Å². The number of benzene rings is 1. The normalized spacial score (nSPS) is 21.6. The fraction of sp³-hybridized carbons (Fsp3) is 0.529. The Hall–Kier alpha value is -1.84. The van der Waals surface area contributed by atoms with Gasteiger partial charge in [0.1, 0.15) is 0 Å². The van der Waals surface area contributed by atoms with Gasteiger partial charge in [0.2, 0.25) is 0 Å². The van der Waals surface area contributed by atoms with Crippen molar-refractivity contribution in [2.24, 2.45) is 5.92 Å². The van der Waals surface area contributed by atoms with E-state index in [1.54, 1.807) is 12.1 Å². The first-order valence-corrected chi connectivity index (χ1v) is 7.59. The van der Waals surface area contributed by atoms with Crippen LogP contribution in [0, 0.1) is 12.8 Å². The molecule has 1 aliphatic carbocycles. The van der Waals surface area contributed by atoms with E-state index < -0.39 is 5.97 Å². The van der Waals surface area contributed by atoms with Gasteiger partial charge in [-0.15, -0.1) is 0 Å². The number of hydrogen-bond acceptors (Lipinski definition) is 3. The highest BCUT2D eigenvalue weighted by Gasteiger charge is 2.23. The second kappa shape index (κ2) is 7.25. The SMILES string of the molecule is Cc1ccc(C(=O)OCC(=O)NC2CCCCC2C)cc1. The molecule has 114 valence electrons. The molecule has 1 aromatic rings. The number of aryl methyl sites for hydroxylation is 1. The lowest BCUT2D eigenvalue weighted by Crippen LogP contribution is -2.42. The van der Waals surface area contributed by atoms with Gasteiger partial charge in [-0.25, -0.2) is 4.79 Å². The Balaban J connectivity index is 1.78. The van der Waals surface area contributed by atoms with E-state index in [4.69, 9.17) is 4.74 Å². The molecule has 4 nitrogen and oxygen atoms in total. The van der Waals surface area contributed by atoms with Crippen molar-refractivity contribution in [3.63, 3.8) is 0 Å². The Morgan fingerprint density at radius 2 is 1.86 bits per heavy atom. The van der Waals surface area contributed by atoms with Gasteiger partial charge in [0.05, 0.1) is 5.56 Å². The summed E-state index contributed by atoms with van der Waals surface area (Å²) < 4.78 is 5.06. The van der Waals surface area contributed by atoms with E-state index in [1.807, 2.05) is 19.1 Å². The van der Waals surface area contributed by atoms with E-state index in [1.165, 1.54) is 6.42 Å². The largest absolute Gasteiger partial charge is 0.452 e. The molecule has 1 aliphatic rings. The molecule has 1 saturated carbocycles. The Morgan fingerprint density at radius 1 is 1.19 bits per heavy atom. The Bertz CT molecular complexity index is 495. The summed E-state index contributed by atoms with van der Waals surface area (Å²) in [4.78, 5) is 23.7. The van der Waals surface area contributed by atoms with E-state index in [0.29, 0.717) is 11.5 Å². The van der Waals surface area contributed by atoms with Crippen LogP contribution >= 0.6 is 0 Å². The number of carbonyl (C=O) groups is 2. The van der Waals surface area contributed by atoms with Crippen molar-refractivity contribution in [3.8, 4) is 0 Å². The molecule has 4 heteroatoms. The summed E-state index contributed by atoms with van der Waals surface area (Å²) in [5, 5.41) is 2.97. The zero-order valence-electron chi connectivity index (χ0n) is 12.7. The average molecular weight is 289 g/mol. The lowest BCUT2D eigenvalue weighted by Gasteiger charge is -2.29. The van der Waals surface area contributed by atoms with Crippen LogP contribution < -0.4 is 5.32 Å². The third kappa shape index (κ3) is 4.59. The molecule has 2 rings (SSSR count). The first-order valence-electron chi connectivity index (χ1n) is 7.59. The molecule has 1 fully saturated rings. The molecule has 1 amide bonds. The summed E-state index contributed by atoms with van der Waals surface area (Å²) in [6.07, 6.45) is 4.54. The monoisotopic (exact) mass is 289 g/mol. The zero-order chi connectivity index (χ0) is 15.2. The molecule has 0 saturated heterocycles. The first-order chi connectivity index (χ1) is 10.1. The smallest absolute Gasteiger partial charge is 0.338 e. The standard InChI is InChI=1S/C17H23NO3/c1-12-7-9-14(10-8-12)17(20)21-11-16(19)18-15-6-4-3-5-13(15)2/h7-10,13,15H,3-6,11H2,1-2H3,(H,18,19). The number of amides is 1. The summed E-state index contributed by atoms with van der Waals surface area (Å²) in [6, 6.07) is 7.32. The van der Waals surface area contributed by atoms with Crippen LogP contribution in [0.4, 0.5) is 0 Å². The Morgan fingerprint density at radius 3 is 2.52 bits per heavy atom. The van der Waals surface area contributed by atoms with Gasteiger partial charge in [0, 0.05) is 6.04 Å². The number of rotatable bonds is 4. The van der Waals surface area contributed by atoms with Crippen molar-refractivity contribution in [1.29, 1.82) is 0 Å². The number of esters is 1. The minimum atomic E-state index is -0.457. The molecule has 0 spiro atoms. The predicted octanol–water partition coefficient (Wildman–Crippen LogP) is 2.85. The van der Waals surface area contributed by atoms with Gasteiger partial charge in [-0.3, -0.25) is 4.79 Å². The molecule has 0 bridgehead atoms. The predicted molar refractivity (Wildman–Crippen MR) is 81.0 cm³/mol. The van der Waals surface area contributed by atoms with E-state index in [9.17, 15) is 9.59 Å². The minimum Gasteiger partial charge on any atom is -0.452 e. The van der Waals surface area contributed by atoms with Gasteiger partial charge >= 0.3 is 5.97 Å². The van der Waals surface area contributed by atoms with Gasteiger partial charge in [-0.05, 0) is 37.8 Å². The summed E-state index contributed by atoms with van der Waals surface area (Å²) in [5.74, 6) is -0.174. The molecule has 1 N–H and O–H groups in total. The van der Waals surface area contributed by atoms with Crippen molar-refractivity contribution in [1.82, 2.24) is 5.32 Å². The van der Waals surface area contributed by atoms with Gasteiger partial charge in [-0.2, -0.15) is 0 Å². The maximum atomic E-state index is 11.9. The minimum absolute atomic E-state index is 0.212. The third-order valence-electron chi connectivity index (χ3n) is 4.08. The number of ether oxygens (including phenoxy) is 1. The average Bonchev–Trinajstić information content (AvgIpc) is 2.48. The van der Waals surface area contributed by atoms with Crippen LogP contribution in [0.5, 0.6) is 0 Å². The van der Waals surface area contributed by atoms with Crippen LogP contribution in [0.1, 0.15) is 48.5 Å². The van der Waals surface area contributed by atoms with Gasteiger partial charge in [-0.1, -0.05) is 37.5 Å². The lowest BCUT2D eigenvalue weighted by molar-refractivity contribution is -0.125. The van der Waals surface area contributed by atoms with Crippen molar-refractivity contribution in [2.45, 2.75) is 45.6 Å². The topological polar surface area (TPSA) is 55.4 Å². The first kappa shape index (κ1) is 15.5. The molecule has 2 atom stereocenters. The highest BCUT2D eigenvalue weighted by molar-refractivity contribution is 5.91. The van der Waals surface area contributed by atoms with Gasteiger partial charge in [0.15, 0.2) is 6.61 Å². The van der Waals surface area contributed by atoms with E-state index in [0.717, 1.165) is 24.8 Å². The Kier molecular flexibility index (Phi) is 5.37. The quantitative estimate of drug-likeness (QED) is 0.867. The van der Waals surface area contributed by atoms with Gasteiger partial charge in [0.25, 0.3) is 5.91 Å². The van der Waals surface area contributed by atoms with Crippen LogP contribution in [-0.2, 0) is 9.53 Å². The molecule has 0 heterocycles. The lowest BCUT2D eigenvalue weighted by atomic mass is 9.86. The number of hydrogen-bond donors (Lipinski definition) is 1. The zero-order valence-corrected chi connectivity index (χ0v) is 12.7. The van der Waals surface area contributed by atoms with E-state index in [2.05, 4.69) is 12.2 Å². The molecule has 0 radical (unpaired) electrons. The summed E-state index contributed by atoms with van der Waals surface area (Å²) in [6.45, 7) is 3.90. The summed E-state index contributed by atoms with van der Waals surface area (Å²) >= 11 is 0.